The number of rotatable bonds is 7. The van der Waals surface area contributed by atoms with Crippen molar-refractivity contribution in [2.45, 2.75) is 45.3 Å². The molecule has 0 unspecified atom stereocenters. The Balaban J connectivity index is 1.97. The van der Waals surface area contributed by atoms with Crippen LogP contribution in [-0.4, -0.2) is 46.9 Å². The van der Waals surface area contributed by atoms with Crippen LogP contribution in [0.4, 0.5) is 10.5 Å². The second-order valence-corrected chi connectivity index (χ2v) is 6.39. The monoisotopic (exact) mass is 386 g/mol. The van der Waals surface area contributed by atoms with Crippen LogP contribution in [0.5, 0.6) is 0 Å². The Labute approximate surface area is 162 Å². The molecule has 1 heterocycles. The number of nitrogens with one attached hydrogen (secondary N) is 2. The molecule has 9 nitrogen and oxygen atoms in total. The molecule has 9 heteroatoms. The smallest absolute Gasteiger partial charge is 0.327 e. The third kappa shape index (κ3) is 4.11. The molecule has 0 saturated carbocycles. The van der Waals surface area contributed by atoms with E-state index in [9.17, 15) is 19.2 Å². The Morgan fingerprint density at radius 1 is 1.29 bits per heavy atom. The minimum atomic E-state index is -1.18. The Morgan fingerprint density at radius 3 is 2.50 bits per heavy atom. The number of carbonyl (C=O) groups is 4. The van der Waals surface area contributed by atoms with Gasteiger partial charge in [-0.25, -0.2) is 4.79 Å². The molecule has 4 amide bonds. The molecule has 0 radical (unpaired) electrons. The summed E-state index contributed by atoms with van der Waals surface area (Å²) >= 11 is 0. The average Bonchev–Trinajstić information content (AvgIpc) is 2.92. The maximum absolute atomic E-state index is 12.5. The number of hydrogen-bond donors (Lipinski definition) is 2. The van der Waals surface area contributed by atoms with Crippen LogP contribution in [0.2, 0.25) is 0 Å². The fourth-order valence-electron chi connectivity index (χ4n) is 2.89. The summed E-state index contributed by atoms with van der Waals surface area (Å²) in [6.07, 6.45) is -0.380. The van der Waals surface area contributed by atoms with Crippen LogP contribution in [0.1, 0.15) is 39.2 Å². The van der Waals surface area contributed by atoms with E-state index in [0.29, 0.717) is 18.5 Å². The summed E-state index contributed by atoms with van der Waals surface area (Å²) in [5.74, 6) is -2.01. The number of hydrogen-bond acceptors (Lipinski definition) is 6. The molecule has 2 N–H and O–H groups in total. The van der Waals surface area contributed by atoms with Crippen molar-refractivity contribution in [3.05, 3.63) is 29.8 Å². The number of imide groups is 1. The topological polar surface area (TPSA) is 129 Å². The number of carbonyl (C=O) groups excluding carboxylic acids is 4. The first kappa shape index (κ1) is 20.9. The second-order valence-electron chi connectivity index (χ2n) is 6.39. The fraction of sp³-hybridized carbons (Fsp3) is 0.421. The number of nitriles is 1. The zero-order valence-electron chi connectivity index (χ0n) is 15.9. The Hall–Kier alpha value is -3.41. The number of esters is 1. The van der Waals surface area contributed by atoms with Gasteiger partial charge in [0.25, 0.3) is 11.8 Å². The van der Waals surface area contributed by atoms with E-state index < -0.39 is 42.0 Å². The first-order valence-electron chi connectivity index (χ1n) is 8.91. The minimum absolute atomic E-state index is 0.268. The largest absolute Gasteiger partial charge is 0.451 e. The number of anilines is 1. The zero-order chi connectivity index (χ0) is 20.9. The van der Waals surface area contributed by atoms with Gasteiger partial charge >= 0.3 is 12.0 Å². The van der Waals surface area contributed by atoms with Gasteiger partial charge in [-0.3, -0.25) is 19.3 Å². The lowest BCUT2D eigenvalue weighted by Gasteiger charge is -2.23. The summed E-state index contributed by atoms with van der Waals surface area (Å²) in [5, 5.41) is 14.2. The highest BCUT2D eigenvalue weighted by Crippen LogP contribution is 2.24. The maximum atomic E-state index is 12.5. The number of ether oxygens (including phenoxy) is 1. The predicted molar refractivity (Wildman–Crippen MR) is 98.9 cm³/mol. The summed E-state index contributed by atoms with van der Waals surface area (Å²) in [7, 11) is 0. The van der Waals surface area contributed by atoms with Crippen molar-refractivity contribution >= 4 is 29.5 Å². The highest BCUT2D eigenvalue weighted by molar-refractivity contribution is 6.08. The van der Waals surface area contributed by atoms with Crippen molar-refractivity contribution in [2.24, 2.45) is 0 Å². The van der Waals surface area contributed by atoms with E-state index in [2.05, 4.69) is 10.6 Å². The molecule has 1 aliphatic heterocycles. The van der Waals surface area contributed by atoms with Crippen LogP contribution in [0.25, 0.3) is 0 Å². The third-order valence-electron chi connectivity index (χ3n) is 4.72. The highest BCUT2D eigenvalue weighted by atomic mass is 16.5. The van der Waals surface area contributed by atoms with Crippen molar-refractivity contribution < 1.29 is 23.9 Å². The summed E-state index contributed by atoms with van der Waals surface area (Å²) in [6.45, 7) is 4.32. The molecule has 0 bridgehead atoms. The van der Waals surface area contributed by atoms with E-state index >= 15 is 0 Å². The minimum Gasteiger partial charge on any atom is -0.451 e. The first-order valence-corrected chi connectivity index (χ1v) is 8.91. The fourth-order valence-corrected chi connectivity index (χ4v) is 2.89. The van der Waals surface area contributed by atoms with Crippen molar-refractivity contribution in [2.75, 3.05) is 11.9 Å². The molecule has 1 saturated heterocycles. The first-order chi connectivity index (χ1) is 13.3. The molecule has 0 aliphatic carbocycles. The average molecular weight is 386 g/mol. The molecule has 1 aromatic carbocycles. The standard InChI is InChI=1S/C19H22N4O5/c1-4-19(5-2)17(26)23(18(27)22-19)11-15(24)28-12(3)16(25)21-14-9-7-6-8-13(14)10-20/h6-9,12H,4-5,11H2,1-3H3,(H,21,25)(H,22,27)/t12-/m1/s1. The van der Waals surface area contributed by atoms with Gasteiger partial charge in [0.1, 0.15) is 18.2 Å². The Morgan fingerprint density at radius 2 is 1.93 bits per heavy atom. The Kier molecular flexibility index (Phi) is 6.36. The summed E-state index contributed by atoms with van der Waals surface area (Å²) < 4.78 is 5.04. The van der Waals surface area contributed by atoms with E-state index in [-0.39, 0.29) is 5.56 Å². The quantitative estimate of drug-likeness (QED) is 0.540. The van der Waals surface area contributed by atoms with Crippen molar-refractivity contribution in [3.63, 3.8) is 0 Å². The van der Waals surface area contributed by atoms with Crippen LogP contribution in [0, 0.1) is 11.3 Å². The van der Waals surface area contributed by atoms with Gasteiger partial charge in [0.05, 0.1) is 11.3 Å². The van der Waals surface area contributed by atoms with Crippen LogP contribution >= 0.6 is 0 Å². The summed E-state index contributed by atoms with van der Waals surface area (Å²) in [5.41, 5.74) is -0.451. The van der Waals surface area contributed by atoms with E-state index in [4.69, 9.17) is 10.00 Å². The van der Waals surface area contributed by atoms with Gasteiger partial charge in [0.15, 0.2) is 6.10 Å². The molecule has 1 aliphatic rings. The number of amides is 4. The number of nitrogens with zero attached hydrogens (tertiary/aromatic N) is 2. The van der Waals surface area contributed by atoms with Gasteiger partial charge in [0, 0.05) is 0 Å². The van der Waals surface area contributed by atoms with Gasteiger partial charge in [-0.2, -0.15) is 5.26 Å². The molecule has 0 spiro atoms. The van der Waals surface area contributed by atoms with Crippen LogP contribution in [0.15, 0.2) is 24.3 Å². The van der Waals surface area contributed by atoms with Gasteiger partial charge < -0.3 is 15.4 Å². The molecule has 1 atom stereocenters. The van der Waals surface area contributed by atoms with Gasteiger partial charge in [0.2, 0.25) is 0 Å². The van der Waals surface area contributed by atoms with E-state index in [1.54, 1.807) is 32.0 Å². The van der Waals surface area contributed by atoms with Crippen LogP contribution < -0.4 is 10.6 Å². The predicted octanol–water partition coefficient (Wildman–Crippen LogP) is 1.54. The second kappa shape index (κ2) is 8.52. The molecule has 0 aromatic heterocycles. The SMILES string of the molecule is CCC1(CC)NC(=O)N(CC(=O)O[C@H](C)C(=O)Nc2ccccc2C#N)C1=O. The van der Waals surface area contributed by atoms with Crippen molar-refractivity contribution in [3.8, 4) is 6.07 Å². The molecule has 1 fully saturated rings. The molecular formula is C19H22N4O5. The lowest BCUT2D eigenvalue weighted by atomic mass is 9.93. The molecular weight excluding hydrogens is 364 g/mol. The number of para-hydroxylation sites is 1. The van der Waals surface area contributed by atoms with Gasteiger partial charge in [-0.1, -0.05) is 26.0 Å². The Bertz CT molecular complexity index is 841. The summed E-state index contributed by atoms with van der Waals surface area (Å²) in [4.78, 5) is 49.7. The number of urea groups is 1. The lowest BCUT2D eigenvalue weighted by Crippen LogP contribution is -2.46. The highest BCUT2D eigenvalue weighted by Gasteiger charge is 2.49. The molecule has 28 heavy (non-hydrogen) atoms. The molecule has 2 rings (SSSR count). The summed E-state index contributed by atoms with van der Waals surface area (Å²) in [6, 6.07) is 7.68. The van der Waals surface area contributed by atoms with E-state index in [1.165, 1.54) is 13.0 Å². The van der Waals surface area contributed by atoms with Crippen molar-refractivity contribution in [1.82, 2.24) is 10.2 Å². The van der Waals surface area contributed by atoms with Crippen LogP contribution in [-0.2, 0) is 19.1 Å². The zero-order valence-corrected chi connectivity index (χ0v) is 15.9. The normalized spacial score (nSPS) is 16.1. The van der Waals surface area contributed by atoms with Gasteiger partial charge in [-0.05, 0) is 31.9 Å². The van der Waals surface area contributed by atoms with E-state index in [1.807, 2.05) is 6.07 Å². The third-order valence-corrected chi connectivity index (χ3v) is 4.72. The van der Waals surface area contributed by atoms with Crippen molar-refractivity contribution in [1.29, 1.82) is 5.26 Å². The lowest BCUT2D eigenvalue weighted by molar-refractivity contribution is -0.155. The van der Waals surface area contributed by atoms with Crippen LogP contribution in [0.3, 0.4) is 0 Å². The molecule has 148 valence electrons. The number of benzene rings is 1. The van der Waals surface area contributed by atoms with E-state index in [0.717, 1.165) is 4.90 Å². The van der Waals surface area contributed by atoms with Gasteiger partial charge in [-0.15, -0.1) is 0 Å². The maximum Gasteiger partial charge on any atom is 0.327 e. The molecule has 1 aromatic rings.